The van der Waals surface area contributed by atoms with Gasteiger partial charge in [0.25, 0.3) is 11.5 Å². The molecule has 1 aromatic heterocycles. The molecule has 1 atom stereocenters. The van der Waals surface area contributed by atoms with E-state index in [2.05, 4.69) is 5.32 Å². The summed E-state index contributed by atoms with van der Waals surface area (Å²) in [7, 11) is 3.64. The molecule has 5 nitrogen and oxygen atoms in total. The number of nitrogens with one attached hydrogen (secondary N) is 2. The number of carbonyl (C=O) groups is 1. The number of hydrogen-bond acceptors (Lipinski definition) is 3. The first-order chi connectivity index (χ1) is 11.7. The smallest absolute Gasteiger partial charge is 0.350 e. The molecule has 2 rings (SSSR count). The lowest BCUT2D eigenvalue weighted by Crippen LogP contribution is -2.37. The number of aromatic amines is 1. The van der Waals surface area contributed by atoms with Gasteiger partial charge in [0.1, 0.15) is 5.56 Å². The van der Waals surface area contributed by atoms with Crippen LogP contribution in [0.25, 0.3) is 0 Å². The number of rotatable bonds is 5. The average molecular weight is 353 g/mol. The lowest BCUT2D eigenvalue weighted by atomic mass is 10.1. The molecule has 0 radical (unpaired) electrons. The minimum absolute atomic E-state index is 0.144. The summed E-state index contributed by atoms with van der Waals surface area (Å²) in [5.74, 6) is -0.852. The van der Waals surface area contributed by atoms with Gasteiger partial charge in [-0.05, 0) is 25.7 Å². The van der Waals surface area contributed by atoms with Crippen LogP contribution in [0.4, 0.5) is 13.2 Å². The molecule has 1 unspecified atom stereocenters. The Kier molecular flexibility index (Phi) is 5.63. The van der Waals surface area contributed by atoms with Gasteiger partial charge in [-0.2, -0.15) is 13.2 Å². The number of halogens is 3. The maximum atomic E-state index is 12.7. The molecule has 0 spiro atoms. The van der Waals surface area contributed by atoms with Crippen LogP contribution in [0, 0.1) is 0 Å². The van der Waals surface area contributed by atoms with Crippen LogP contribution >= 0.6 is 0 Å². The van der Waals surface area contributed by atoms with Crippen molar-refractivity contribution in [3.63, 3.8) is 0 Å². The largest absolute Gasteiger partial charge is 0.417 e. The second-order valence-corrected chi connectivity index (χ2v) is 5.73. The molecule has 134 valence electrons. The second kappa shape index (κ2) is 7.52. The van der Waals surface area contributed by atoms with E-state index in [-0.39, 0.29) is 12.6 Å². The van der Waals surface area contributed by atoms with Crippen molar-refractivity contribution in [1.29, 1.82) is 0 Å². The molecule has 25 heavy (non-hydrogen) atoms. The summed E-state index contributed by atoms with van der Waals surface area (Å²) in [5, 5.41) is 2.53. The standard InChI is InChI=1S/C17H18F3N3O2/c1-23(2)14(11-6-4-3-5-7-11)10-22-16(25)13-8-12(17(18,19)20)9-21-15(13)24/h3-9,14H,10H2,1-2H3,(H,21,24)(H,22,25). The van der Waals surface area contributed by atoms with Gasteiger partial charge in [0, 0.05) is 12.7 Å². The molecule has 0 bridgehead atoms. The fourth-order valence-electron chi connectivity index (χ4n) is 2.37. The summed E-state index contributed by atoms with van der Waals surface area (Å²) in [6.07, 6.45) is -4.10. The van der Waals surface area contributed by atoms with E-state index in [1.165, 1.54) is 0 Å². The minimum Gasteiger partial charge on any atom is -0.350 e. The third-order valence-electron chi connectivity index (χ3n) is 3.74. The molecule has 0 fully saturated rings. The Morgan fingerprint density at radius 2 is 1.88 bits per heavy atom. The van der Waals surface area contributed by atoms with Gasteiger partial charge in [0.15, 0.2) is 0 Å². The zero-order chi connectivity index (χ0) is 18.6. The fraction of sp³-hybridized carbons (Fsp3) is 0.294. The minimum atomic E-state index is -4.64. The SMILES string of the molecule is CN(C)C(CNC(=O)c1cc(C(F)(F)F)c[nH]c1=O)c1ccccc1. The van der Waals surface area contributed by atoms with Crippen molar-refractivity contribution in [3.05, 3.63) is 69.6 Å². The molecule has 8 heteroatoms. The number of alkyl halides is 3. The Morgan fingerprint density at radius 1 is 1.24 bits per heavy atom. The molecule has 2 aromatic rings. The monoisotopic (exact) mass is 353 g/mol. The van der Waals surface area contributed by atoms with Crippen LogP contribution in [0.5, 0.6) is 0 Å². The second-order valence-electron chi connectivity index (χ2n) is 5.73. The van der Waals surface area contributed by atoms with E-state index in [0.29, 0.717) is 12.3 Å². The zero-order valence-corrected chi connectivity index (χ0v) is 13.7. The predicted octanol–water partition coefficient (Wildman–Crippen LogP) is 2.43. The van der Waals surface area contributed by atoms with E-state index in [1.54, 1.807) is 0 Å². The van der Waals surface area contributed by atoms with Gasteiger partial charge < -0.3 is 15.2 Å². The molecular weight excluding hydrogens is 335 g/mol. The van der Waals surface area contributed by atoms with Crippen LogP contribution in [-0.4, -0.2) is 36.4 Å². The summed E-state index contributed by atoms with van der Waals surface area (Å²) in [5.41, 5.74) is -1.58. The highest BCUT2D eigenvalue weighted by atomic mass is 19.4. The highest BCUT2D eigenvalue weighted by Gasteiger charge is 2.32. The molecular formula is C17H18F3N3O2. The number of nitrogens with zero attached hydrogens (tertiary/aromatic N) is 1. The van der Waals surface area contributed by atoms with Crippen LogP contribution in [0.15, 0.2) is 47.4 Å². The average Bonchev–Trinajstić information content (AvgIpc) is 2.54. The normalized spacial score (nSPS) is 12.9. The molecule has 0 aliphatic heterocycles. The van der Waals surface area contributed by atoms with Gasteiger partial charge in [-0.25, -0.2) is 0 Å². The Hall–Kier alpha value is -2.61. The summed E-state index contributed by atoms with van der Waals surface area (Å²) in [6, 6.07) is 9.70. The quantitative estimate of drug-likeness (QED) is 0.868. The molecule has 0 saturated carbocycles. The molecule has 0 saturated heterocycles. The number of benzene rings is 1. The van der Waals surface area contributed by atoms with E-state index in [0.717, 1.165) is 5.56 Å². The molecule has 1 heterocycles. The van der Waals surface area contributed by atoms with Crippen molar-refractivity contribution in [2.75, 3.05) is 20.6 Å². The Balaban J connectivity index is 2.18. The van der Waals surface area contributed by atoms with Gasteiger partial charge in [0.05, 0.1) is 11.6 Å². The van der Waals surface area contributed by atoms with Crippen LogP contribution in [0.1, 0.15) is 27.5 Å². The maximum absolute atomic E-state index is 12.7. The first kappa shape index (κ1) is 18.7. The van der Waals surface area contributed by atoms with Crippen LogP contribution in [0.3, 0.4) is 0 Å². The van der Waals surface area contributed by atoms with E-state index >= 15 is 0 Å². The zero-order valence-electron chi connectivity index (χ0n) is 13.7. The summed E-state index contributed by atoms with van der Waals surface area (Å²) in [6.45, 7) is 0.144. The number of carbonyl (C=O) groups excluding carboxylic acids is 1. The van der Waals surface area contributed by atoms with Crippen molar-refractivity contribution in [2.45, 2.75) is 12.2 Å². The van der Waals surface area contributed by atoms with E-state index in [9.17, 15) is 22.8 Å². The van der Waals surface area contributed by atoms with Gasteiger partial charge in [0.2, 0.25) is 0 Å². The number of pyridine rings is 1. The number of hydrogen-bond donors (Lipinski definition) is 2. The first-order valence-corrected chi connectivity index (χ1v) is 7.49. The highest BCUT2D eigenvalue weighted by molar-refractivity contribution is 5.94. The summed E-state index contributed by atoms with van der Waals surface area (Å²) < 4.78 is 38.2. The third kappa shape index (κ3) is 4.69. The van der Waals surface area contributed by atoms with E-state index in [1.807, 2.05) is 54.3 Å². The van der Waals surface area contributed by atoms with Crippen molar-refractivity contribution in [3.8, 4) is 0 Å². The van der Waals surface area contributed by atoms with Crippen molar-refractivity contribution in [2.24, 2.45) is 0 Å². The van der Waals surface area contributed by atoms with Crippen LogP contribution in [0.2, 0.25) is 0 Å². The Labute approximate surface area is 142 Å². The summed E-state index contributed by atoms with van der Waals surface area (Å²) in [4.78, 5) is 27.7. The van der Waals surface area contributed by atoms with E-state index < -0.39 is 28.8 Å². The topological polar surface area (TPSA) is 65.2 Å². The number of likely N-dealkylation sites (N-methyl/N-ethyl adjacent to an activating group) is 1. The third-order valence-corrected chi connectivity index (χ3v) is 3.74. The van der Waals surface area contributed by atoms with Crippen molar-refractivity contribution >= 4 is 5.91 Å². The lowest BCUT2D eigenvalue weighted by Gasteiger charge is -2.25. The number of aromatic nitrogens is 1. The van der Waals surface area contributed by atoms with Gasteiger partial charge in [-0.1, -0.05) is 30.3 Å². The van der Waals surface area contributed by atoms with Crippen molar-refractivity contribution < 1.29 is 18.0 Å². The van der Waals surface area contributed by atoms with E-state index in [4.69, 9.17) is 0 Å². The maximum Gasteiger partial charge on any atom is 0.417 e. The number of H-pyrrole nitrogens is 1. The Bertz CT molecular complexity index is 786. The van der Waals surface area contributed by atoms with Crippen molar-refractivity contribution in [1.82, 2.24) is 15.2 Å². The van der Waals surface area contributed by atoms with Gasteiger partial charge in [-0.15, -0.1) is 0 Å². The predicted molar refractivity (Wildman–Crippen MR) is 87.3 cm³/mol. The van der Waals surface area contributed by atoms with Gasteiger partial charge >= 0.3 is 6.18 Å². The van der Waals surface area contributed by atoms with Gasteiger partial charge in [-0.3, -0.25) is 9.59 Å². The summed E-state index contributed by atoms with van der Waals surface area (Å²) >= 11 is 0. The van der Waals surface area contributed by atoms with Crippen LogP contribution in [-0.2, 0) is 6.18 Å². The molecule has 1 amide bonds. The first-order valence-electron chi connectivity index (χ1n) is 7.49. The lowest BCUT2D eigenvalue weighted by molar-refractivity contribution is -0.137. The molecule has 1 aromatic carbocycles. The Morgan fingerprint density at radius 3 is 2.44 bits per heavy atom. The highest BCUT2D eigenvalue weighted by Crippen LogP contribution is 2.28. The fourth-order valence-corrected chi connectivity index (χ4v) is 2.37. The molecule has 2 N–H and O–H groups in total. The number of amides is 1. The molecule has 0 aliphatic rings. The molecule has 0 aliphatic carbocycles. The van der Waals surface area contributed by atoms with Crippen LogP contribution < -0.4 is 10.9 Å².